The van der Waals surface area contributed by atoms with Gasteiger partial charge in [-0.2, -0.15) is 0 Å². The Balaban J connectivity index is 1.27. The highest BCUT2D eigenvalue weighted by Gasteiger charge is 2.47. The molecule has 0 spiro atoms. The molecule has 3 fully saturated rings. The number of ether oxygens (including phenoxy) is 1. The van der Waals surface area contributed by atoms with Crippen LogP contribution in [-0.4, -0.2) is 59.2 Å². The minimum Gasteiger partial charge on any atom is -0.484 e. The van der Waals surface area contributed by atoms with Crippen LogP contribution in [0.25, 0.3) is 0 Å². The molecule has 1 amide bonds. The van der Waals surface area contributed by atoms with Crippen molar-refractivity contribution in [1.82, 2.24) is 9.80 Å². The van der Waals surface area contributed by atoms with Gasteiger partial charge in [-0.1, -0.05) is 25.5 Å². The van der Waals surface area contributed by atoms with E-state index in [9.17, 15) is 9.90 Å². The predicted molar refractivity (Wildman–Crippen MR) is 114 cm³/mol. The Kier molecular flexibility index (Phi) is 6.45. The second kappa shape index (κ2) is 9.05. The third-order valence-electron chi connectivity index (χ3n) is 7.40. The monoisotopic (exact) mass is 400 g/mol. The second-order valence-corrected chi connectivity index (χ2v) is 9.28. The number of piperidine rings is 1. The summed E-state index contributed by atoms with van der Waals surface area (Å²) in [7, 11) is 0. The van der Waals surface area contributed by atoms with Crippen molar-refractivity contribution in [3.05, 3.63) is 29.8 Å². The Bertz CT molecular complexity index is 686. The number of fused-ring (bicyclic) bond motifs is 1. The summed E-state index contributed by atoms with van der Waals surface area (Å²) in [6, 6.07) is 8.16. The molecule has 2 aliphatic heterocycles. The van der Waals surface area contributed by atoms with E-state index in [-0.39, 0.29) is 12.5 Å². The van der Waals surface area contributed by atoms with Gasteiger partial charge in [-0.3, -0.25) is 9.69 Å². The zero-order valence-electron chi connectivity index (χ0n) is 17.8. The van der Waals surface area contributed by atoms with Gasteiger partial charge in [0.2, 0.25) is 0 Å². The van der Waals surface area contributed by atoms with Crippen LogP contribution in [0.15, 0.2) is 24.3 Å². The van der Waals surface area contributed by atoms with Crippen LogP contribution in [-0.2, 0) is 11.3 Å². The maximum atomic E-state index is 12.2. The topological polar surface area (TPSA) is 53.0 Å². The van der Waals surface area contributed by atoms with Crippen molar-refractivity contribution in [2.75, 3.05) is 32.8 Å². The molecule has 0 unspecified atom stereocenters. The van der Waals surface area contributed by atoms with Crippen LogP contribution in [0.5, 0.6) is 5.75 Å². The molecule has 1 saturated carbocycles. The van der Waals surface area contributed by atoms with Gasteiger partial charge < -0.3 is 14.7 Å². The van der Waals surface area contributed by atoms with Crippen LogP contribution in [0.2, 0.25) is 0 Å². The maximum Gasteiger partial charge on any atom is 0.260 e. The normalized spacial score (nSPS) is 30.2. The van der Waals surface area contributed by atoms with Gasteiger partial charge in [0.15, 0.2) is 6.61 Å². The first-order valence-electron chi connectivity index (χ1n) is 11.5. The number of hydrogen-bond donors (Lipinski definition) is 1. The Labute approximate surface area is 175 Å². The van der Waals surface area contributed by atoms with Crippen LogP contribution in [0, 0.1) is 11.8 Å². The van der Waals surface area contributed by atoms with Crippen molar-refractivity contribution in [2.24, 2.45) is 11.8 Å². The number of carbonyl (C=O) groups excluding carboxylic acids is 1. The molecule has 4 rings (SSSR count). The van der Waals surface area contributed by atoms with Crippen molar-refractivity contribution in [3.63, 3.8) is 0 Å². The third-order valence-corrected chi connectivity index (χ3v) is 7.40. The van der Waals surface area contributed by atoms with Gasteiger partial charge in [-0.25, -0.2) is 0 Å². The molecule has 0 bridgehead atoms. The first-order chi connectivity index (χ1) is 14.1. The van der Waals surface area contributed by atoms with Crippen molar-refractivity contribution >= 4 is 5.91 Å². The van der Waals surface area contributed by atoms with Crippen LogP contribution in [0.1, 0.15) is 57.4 Å². The summed E-state index contributed by atoms with van der Waals surface area (Å²) >= 11 is 0. The molecule has 2 saturated heterocycles. The van der Waals surface area contributed by atoms with Crippen LogP contribution < -0.4 is 4.74 Å². The maximum absolute atomic E-state index is 12.2. The van der Waals surface area contributed by atoms with E-state index in [0.717, 1.165) is 70.6 Å². The van der Waals surface area contributed by atoms with Crippen molar-refractivity contribution < 1.29 is 14.6 Å². The molecule has 0 radical (unpaired) electrons. The lowest BCUT2D eigenvalue weighted by Crippen LogP contribution is -2.44. The summed E-state index contributed by atoms with van der Waals surface area (Å²) in [6.07, 6.45) is 7.67. The Hall–Kier alpha value is -1.59. The fourth-order valence-corrected chi connectivity index (χ4v) is 5.61. The van der Waals surface area contributed by atoms with Gasteiger partial charge >= 0.3 is 0 Å². The van der Waals surface area contributed by atoms with Crippen molar-refractivity contribution in [3.8, 4) is 5.75 Å². The van der Waals surface area contributed by atoms with Crippen molar-refractivity contribution in [1.29, 1.82) is 0 Å². The molecule has 0 aromatic heterocycles. The quantitative estimate of drug-likeness (QED) is 0.795. The molecule has 29 heavy (non-hydrogen) atoms. The highest BCUT2D eigenvalue weighted by molar-refractivity contribution is 5.77. The Morgan fingerprint density at radius 1 is 1.14 bits per heavy atom. The highest BCUT2D eigenvalue weighted by atomic mass is 16.5. The lowest BCUT2D eigenvalue weighted by atomic mass is 9.69. The van der Waals surface area contributed by atoms with Crippen molar-refractivity contribution in [2.45, 2.75) is 64.0 Å². The number of benzene rings is 1. The molecule has 160 valence electrons. The predicted octanol–water partition coefficient (Wildman–Crippen LogP) is 3.45. The number of aliphatic hydroxyl groups is 1. The van der Waals surface area contributed by atoms with E-state index in [0.29, 0.717) is 11.8 Å². The van der Waals surface area contributed by atoms with Gasteiger partial charge in [-0.15, -0.1) is 0 Å². The fraction of sp³-hybridized carbons (Fsp3) is 0.708. The zero-order chi connectivity index (χ0) is 20.3. The molecule has 1 aromatic rings. The first kappa shape index (κ1) is 20.7. The lowest BCUT2D eigenvalue weighted by Gasteiger charge is -2.40. The molecule has 3 atom stereocenters. The minimum atomic E-state index is -0.462. The molecular weight excluding hydrogens is 364 g/mol. The standard InChI is InChI=1S/C24H36N2O3/c1-2-24(28)12-6-7-20-16-25(17-22(20)24)15-19-8-10-21(11-9-19)29-18-23(27)26-13-4-3-5-14-26/h8-11,20,22,28H,2-7,12-18H2,1H3/t20-,22+,24-/m1/s1. The van der Waals surface area contributed by atoms with Gasteiger partial charge in [0.1, 0.15) is 5.75 Å². The molecule has 2 heterocycles. The number of nitrogens with zero attached hydrogens (tertiary/aromatic N) is 2. The van der Waals surface area contributed by atoms with Crippen LogP contribution >= 0.6 is 0 Å². The van der Waals surface area contributed by atoms with Gasteiger partial charge in [0.05, 0.1) is 5.60 Å². The van der Waals surface area contributed by atoms with E-state index in [1.54, 1.807) is 0 Å². The van der Waals surface area contributed by atoms with Gasteiger partial charge in [-0.05, 0) is 62.1 Å². The SMILES string of the molecule is CC[C@@]1(O)CCC[C@@H]2CN(Cc3ccc(OCC(=O)N4CCCCC4)cc3)C[C@@H]21. The Morgan fingerprint density at radius 2 is 1.90 bits per heavy atom. The molecular formula is C24H36N2O3. The highest BCUT2D eigenvalue weighted by Crippen LogP contribution is 2.44. The van der Waals surface area contributed by atoms with E-state index in [1.807, 2.05) is 17.0 Å². The molecule has 3 aliphatic rings. The third kappa shape index (κ3) is 4.77. The summed E-state index contributed by atoms with van der Waals surface area (Å²) in [6.45, 7) is 7.00. The summed E-state index contributed by atoms with van der Waals surface area (Å²) < 4.78 is 5.73. The number of carbonyl (C=O) groups is 1. The first-order valence-corrected chi connectivity index (χ1v) is 11.5. The average Bonchev–Trinajstić information content (AvgIpc) is 3.18. The molecule has 1 N–H and O–H groups in total. The summed E-state index contributed by atoms with van der Waals surface area (Å²) in [5, 5.41) is 11.0. The average molecular weight is 401 g/mol. The second-order valence-electron chi connectivity index (χ2n) is 9.28. The summed E-state index contributed by atoms with van der Waals surface area (Å²) in [5.74, 6) is 1.91. The van der Waals surface area contributed by atoms with Crippen LogP contribution in [0.4, 0.5) is 0 Å². The smallest absolute Gasteiger partial charge is 0.260 e. The van der Waals surface area contributed by atoms with Crippen LogP contribution in [0.3, 0.4) is 0 Å². The van der Waals surface area contributed by atoms with E-state index >= 15 is 0 Å². The molecule has 5 nitrogen and oxygen atoms in total. The Morgan fingerprint density at radius 3 is 2.62 bits per heavy atom. The number of amides is 1. The van der Waals surface area contributed by atoms with E-state index in [2.05, 4.69) is 24.0 Å². The number of rotatable bonds is 6. The fourth-order valence-electron chi connectivity index (χ4n) is 5.61. The van der Waals surface area contributed by atoms with Gasteiger partial charge in [0.25, 0.3) is 5.91 Å². The summed E-state index contributed by atoms with van der Waals surface area (Å²) in [4.78, 5) is 16.7. The van der Waals surface area contributed by atoms with Gasteiger partial charge in [0, 0.05) is 38.6 Å². The van der Waals surface area contributed by atoms with E-state index < -0.39 is 5.60 Å². The van der Waals surface area contributed by atoms with E-state index in [4.69, 9.17) is 4.74 Å². The largest absolute Gasteiger partial charge is 0.484 e. The molecule has 1 aromatic carbocycles. The number of hydrogen-bond acceptors (Lipinski definition) is 4. The molecule has 5 heteroatoms. The number of likely N-dealkylation sites (tertiary alicyclic amines) is 2. The van der Waals surface area contributed by atoms with E-state index in [1.165, 1.54) is 18.4 Å². The zero-order valence-corrected chi connectivity index (χ0v) is 17.8. The molecule has 1 aliphatic carbocycles. The summed E-state index contributed by atoms with van der Waals surface area (Å²) in [5.41, 5.74) is 0.800. The lowest BCUT2D eigenvalue weighted by molar-refractivity contribution is -0.134. The minimum absolute atomic E-state index is 0.0943.